The van der Waals surface area contributed by atoms with E-state index >= 15 is 0 Å². The number of aryl methyl sites for hydroxylation is 1. The molecular weight excluding hydrogens is 414 g/mol. The number of carbonyl (C=O) groups is 1. The molecule has 4 aromatic rings. The molecule has 0 saturated heterocycles. The lowest BCUT2D eigenvalue weighted by molar-refractivity contribution is -0.116. The van der Waals surface area contributed by atoms with Gasteiger partial charge in [-0.2, -0.15) is 0 Å². The number of nitrogens with one attached hydrogen (secondary N) is 2. The molecule has 3 aromatic carbocycles. The number of amides is 1. The standard InChI is InChI=1S/C27H27N3O3/c1-19(20-6-4-3-5-7-20)29-22-10-12-23(13-11-22)30-26(31)16-17-27-28-18-25(33-27)21-8-14-24(32-2)15-9-21/h3-15,18-19,29H,16-17H2,1-2H3,(H,30,31). The van der Waals surface area contributed by atoms with Crippen molar-refractivity contribution >= 4 is 17.3 Å². The van der Waals surface area contributed by atoms with Crippen molar-refractivity contribution in [2.75, 3.05) is 17.7 Å². The largest absolute Gasteiger partial charge is 0.497 e. The molecule has 6 nitrogen and oxygen atoms in total. The van der Waals surface area contributed by atoms with Crippen molar-refractivity contribution in [3.05, 3.63) is 96.5 Å². The van der Waals surface area contributed by atoms with Crippen molar-refractivity contribution < 1.29 is 13.9 Å². The fourth-order valence-corrected chi connectivity index (χ4v) is 3.48. The Kier molecular flexibility index (Phi) is 7.05. The number of aromatic nitrogens is 1. The zero-order valence-electron chi connectivity index (χ0n) is 18.7. The Hall–Kier alpha value is -4.06. The third-order valence-electron chi connectivity index (χ3n) is 5.35. The summed E-state index contributed by atoms with van der Waals surface area (Å²) in [7, 11) is 1.63. The minimum absolute atomic E-state index is 0.0856. The van der Waals surface area contributed by atoms with Gasteiger partial charge < -0.3 is 19.8 Å². The molecule has 0 bridgehead atoms. The van der Waals surface area contributed by atoms with Gasteiger partial charge in [0.25, 0.3) is 0 Å². The molecule has 1 heterocycles. The van der Waals surface area contributed by atoms with Crippen molar-refractivity contribution in [2.45, 2.75) is 25.8 Å². The normalized spacial score (nSPS) is 11.6. The third kappa shape index (κ3) is 6.01. The molecule has 2 N–H and O–H groups in total. The van der Waals surface area contributed by atoms with Crippen LogP contribution < -0.4 is 15.4 Å². The van der Waals surface area contributed by atoms with Crippen molar-refractivity contribution in [3.8, 4) is 17.1 Å². The zero-order chi connectivity index (χ0) is 23.0. The maximum atomic E-state index is 12.4. The van der Waals surface area contributed by atoms with Gasteiger partial charge in [-0.05, 0) is 61.0 Å². The average molecular weight is 442 g/mol. The lowest BCUT2D eigenvalue weighted by Crippen LogP contribution is -2.12. The van der Waals surface area contributed by atoms with Gasteiger partial charge in [-0.3, -0.25) is 4.79 Å². The van der Waals surface area contributed by atoms with Crippen molar-refractivity contribution in [1.82, 2.24) is 4.98 Å². The molecule has 4 rings (SSSR count). The van der Waals surface area contributed by atoms with E-state index in [2.05, 4.69) is 34.7 Å². The van der Waals surface area contributed by atoms with Gasteiger partial charge in [0.15, 0.2) is 11.7 Å². The predicted octanol–water partition coefficient (Wildman–Crippen LogP) is 6.09. The van der Waals surface area contributed by atoms with Crippen LogP contribution in [-0.2, 0) is 11.2 Å². The van der Waals surface area contributed by atoms with Gasteiger partial charge in [0, 0.05) is 35.8 Å². The van der Waals surface area contributed by atoms with Crippen LogP contribution in [0.1, 0.15) is 30.8 Å². The summed E-state index contributed by atoms with van der Waals surface area (Å²) in [4.78, 5) is 16.7. The molecule has 1 unspecified atom stereocenters. The first-order valence-corrected chi connectivity index (χ1v) is 10.9. The van der Waals surface area contributed by atoms with E-state index in [9.17, 15) is 4.79 Å². The molecule has 0 spiro atoms. The zero-order valence-corrected chi connectivity index (χ0v) is 18.7. The first-order valence-electron chi connectivity index (χ1n) is 10.9. The highest BCUT2D eigenvalue weighted by molar-refractivity contribution is 5.90. The van der Waals surface area contributed by atoms with E-state index in [1.165, 1.54) is 5.56 Å². The van der Waals surface area contributed by atoms with E-state index in [4.69, 9.17) is 9.15 Å². The Labute approximate surface area is 193 Å². The van der Waals surface area contributed by atoms with Crippen LogP contribution in [0.15, 0.2) is 89.5 Å². The monoisotopic (exact) mass is 441 g/mol. The van der Waals surface area contributed by atoms with Crippen molar-refractivity contribution in [3.63, 3.8) is 0 Å². The molecule has 0 aliphatic carbocycles. The molecule has 0 radical (unpaired) electrons. The summed E-state index contributed by atoms with van der Waals surface area (Å²) in [5.41, 5.74) is 3.88. The highest BCUT2D eigenvalue weighted by atomic mass is 16.5. The summed E-state index contributed by atoms with van der Waals surface area (Å²) in [6, 6.07) is 25.7. The molecular formula is C27H27N3O3. The van der Waals surface area contributed by atoms with Crippen LogP contribution in [0.4, 0.5) is 11.4 Å². The highest BCUT2D eigenvalue weighted by Crippen LogP contribution is 2.24. The number of hydrogen-bond donors (Lipinski definition) is 2. The number of carbonyl (C=O) groups excluding carboxylic acids is 1. The van der Waals surface area contributed by atoms with Crippen molar-refractivity contribution in [2.24, 2.45) is 0 Å². The second-order valence-electron chi connectivity index (χ2n) is 7.75. The molecule has 1 amide bonds. The van der Waals surface area contributed by atoms with Crippen LogP contribution in [0.2, 0.25) is 0 Å². The Morgan fingerprint density at radius 1 is 0.970 bits per heavy atom. The van der Waals surface area contributed by atoms with E-state index in [0.29, 0.717) is 18.1 Å². The number of rotatable bonds is 9. The van der Waals surface area contributed by atoms with Crippen LogP contribution in [0.5, 0.6) is 5.75 Å². The summed E-state index contributed by atoms with van der Waals surface area (Å²) < 4.78 is 11.0. The minimum atomic E-state index is -0.0856. The van der Waals surface area contributed by atoms with Crippen molar-refractivity contribution in [1.29, 1.82) is 0 Å². The summed E-state index contributed by atoms with van der Waals surface area (Å²) in [6.45, 7) is 2.12. The van der Waals surface area contributed by atoms with Gasteiger partial charge in [0.2, 0.25) is 5.91 Å². The second kappa shape index (κ2) is 10.5. The van der Waals surface area contributed by atoms with Crippen LogP contribution in [0.3, 0.4) is 0 Å². The van der Waals surface area contributed by atoms with Crippen LogP contribution in [0.25, 0.3) is 11.3 Å². The fraction of sp³-hybridized carbons (Fsp3) is 0.185. The number of anilines is 2. The Balaban J connectivity index is 1.26. The Bertz CT molecular complexity index is 1170. The van der Waals surface area contributed by atoms with E-state index in [-0.39, 0.29) is 18.4 Å². The molecule has 168 valence electrons. The lowest BCUT2D eigenvalue weighted by atomic mass is 10.1. The van der Waals surface area contributed by atoms with Crippen LogP contribution in [0, 0.1) is 0 Å². The van der Waals surface area contributed by atoms with Crippen LogP contribution >= 0.6 is 0 Å². The highest BCUT2D eigenvalue weighted by Gasteiger charge is 2.10. The van der Waals surface area contributed by atoms with E-state index in [1.54, 1.807) is 13.3 Å². The average Bonchev–Trinajstić information content (AvgIpc) is 3.34. The van der Waals surface area contributed by atoms with Gasteiger partial charge in [-0.25, -0.2) is 4.98 Å². The predicted molar refractivity (Wildman–Crippen MR) is 130 cm³/mol. The number of ether oxygens (including phenoxy) is 1. The number of methoxy groups -OCH3 is 1. The first-order chi connectivity index (χ1) is 16.1. The Morgan fingerprint density at radius 3 is 2.36 bits per heavy atom. The van der Waals surface area contributed by atoms with Gasteiger partial charge in [-0.1, -0.05) is 30.3 Å². The number of hydrogen-bond acceptors (Lipinski definition) is 5. The molecule has 0 aliphatic heterocycles. The molecule has 0 fully saturated rings. The second-order valence-corrected chi connectivity index (χ2v) is 7.75. The molecule has 0 saturated carbocycles. The summed E-state index contributed by atoms with van der Waals surface area (Å²) in [5.74, 6) is 1.90. The first kappa shape index (κ1) is 22.1. The summed E-state index contributed by atoms with van der Waals surface area (Å²) in [6.07, 6.45) is 2.39. The van der Waals surface area contributed by atoms with Gasteiger partial charge >= 0.3 is 0 Å². The molecule has 1 aromatic heterocycles. The number of nitrogens with zero attached hydrogens (tertiary/aromatic N) is 1. The molecule has 0 aliphatic rings. The minimum Gasteiger partial charge on any atom is -0.497 e. The third-order valence-corrected chi connectivity index (χ3v) is 5.35. The van der Waals surface area contributed by atoms with Gasteiger partial charge in [0.05, 0.1) is 13.3 Å². The number of oxazole rings is 1. The quantitative estimate of drug-likeness (QED) is 0.328. The smallest absolute Gasteiger partial charge is 0.224 e. The molecule has 6 heteroatoms. The van der Waals surface area contributed by atoms with E-state index in [0.717, 1.165) is 22.7 Å². The fourth-order valence-electron chi connectivity index (χ4n) is 3.48. The topological polar surface area (TPSA) is 76.4 Å². The van der Waals surface area contributed by atoms with E-state index in [1.807, 2.05) is 66.7 Å². The van der Waals surface area contributed by atoms with Gasteiger partial charge in [0.1, 0.15) is 5.75 Å². The van der Waals surface area contributed by atoms with E-state index < -0.39 is 0 Å². The maximum Gasteiger partial charge on any atom is 0.224 e. The summed E-state index contributed by atoms with van der Waals surface area (Å²) in [5, 5.41) is 6.39. The Morgan fingerprint density at radius 2 is 1.67 bits per heavy atom. The van der Waals surface area contributed by atoms with Gasteiger partial charge in [-0.15, -0.1) is 0 Å². The number of benzene rings is 3. The lowest BCUT2D eigenvalue weighted by Gasteiger charge is -2.16. The summed E-state index contributed by atoms with van der Waals surface area (Å²) >= 11 is 0. The van der Waals surface area contributed by atoms with Crippen LogP contribution in [-0.4, -0.2) is 18.0 Å². The maximum absolute atomic E-state index is 12.4. The molecule has 1 atom stereocenters. The molecule has 33 heavy (non-hydrogen) atoms. The SMILES string of the molecule is COc1ccc(-c2cnc(CCC(=O)Nc3ccc(NC(C)c4ccccc4)cc3)o2)cc1.